The van der Waals surface area contributed by atoms with Gasteiger partial charge in [0.25, 0.3) is 6.08 Å². The largest absolute Gasteiger partial charge is 0.432 e. The van der Waals surface area contributed by atoms with Crippen LogP contribution in [0.15, 0.2) is 48.5 Å². The van der Waals surface area contributed by atoms with E-state index in [-0.39, 0.29) is 21.9 Å². The molecule has 0 saturated carbocycles. The Hall–Kier alpha value is -3.03. The van der Waals surface area contributed by atoms with Crippen LogP contribution in [0.25, 0.3) is 16.8 Å². The molecule has 3 aromatic rings. The number of ether oxygens (including phenoxy) is 1. The number of hydrogen-bond donors (Lipinski definition) is 0. The van der Waals surface area contributed by atoms with Crippen LogP contribution in [0.5, 0.6) is 5.75 Å². The van der Waals surface area contributed by atoms with Gasteiger partial charge in [0.1, 0.15) is 28.8 Å². The van der Waals surface area contributed by atoms with Crippen molar-refractivity contribution in [3.05, 3.63) is 82.7 Å². The van der Waals surface area contributed by atoms with Crippen molar-refractivity contribution in [1.82, 2.24) is 0 Å². The summed E-state index contributed by atoms with van der Waals surface area (Å²) in [6.45, 7) is 2.06. The second-order valence-corrected chi connectivity index (χ2v) is 8.00. The van der Waals surface area contributed by atoms with E-state index in [0.29, 0.717) is 18.9 Å². The zero-order valence-electron chi connectivity index (χ0n) is 18.4. The number of benzene rings is 3. The summed E-state index contributed by atoms with van der Waals surface area (Å²) in [5.41, 5.74) is -1.62. The van der Waals surface area contributed by atoms with Gasteiger partial charge in [-0.1, -0.05) is 44.7 Å². The Morgan fingerprint density at radius 3 is 2.21 bits per heavy atom. The van der Waals surface area contributed by atoms with Crippen LogP contribution in [0.2, 0.25) is 0 Å². The van der Waals surface area contributed by atoms with Gasteiger partial charge in [-0.15, -0.1) is 0 Å². The third kappa shape index (κ3) is 6.10. The smallest absolute Gasteiger partial charge is 0.429 e. The fourth-order valence-corrected chi connectivity index (χ4v) is 3.76. The molecule has 0 unspecified atom stereocenters. The molecule has 0 saturated heterocycles. The lowest BCUT2D eigenvalue weighted by molar-refractivity contribution is -0.189. The van der Waals surface area contributed by atoms with Crippen molar-refractivity contribution in [3.63, 3.8) is 0 Å². The second kappa shape index (κ2) is 10.9. The fourth-order valence-electron chi connectivity index (χ4n) is 3.76. The third-order valence-electron chi connectivity index (χ3n) is 5.43. The standard InChI is InChI=1S/C26H23F7O/c1-2-3-4-5-6-7-16-12-21(27)24(22(28)13-16)26(32,33)34-19-10-11-20-17(14-19)8-9-18(25(20)31)15-23(29)30/h8-15H,2-7H2,1H3. The first-order valence-corrected chi connectivity index (χ1v) is 10.9. The average Bonchev–Trinajstić information content (AvgIpc) is 2.74. The van der Waals surface area contributed by atoms with Crippen molar-refractivity contribution in [2.75, 3.05) is 0 Å². The van der Waals surface area contributed by atoms with Gasteiger partial charge in [0.15, 0.2) is 0 Å². The molecule has 0 aliphatic heterocycles. The van der Waals surface area contributed by atoms with Gasteiger partial charge in [-0.2, -0.15) is 17.6 Å². The molecule has 8 heteroatoms. The highest BCUT2D eigenvalue weighted by molar-refractivity contribution is 5.86. The summed E-state index contributed by atoms with van der Waals surface area (Å²) in [6.07, 6.45) is -1.07. The SMILES string of the molecule is CCCCCCCc1cc(F)c(C(F)(F)Oc2ccc3c(F)c(C=C(F)F)ccc3c2)c(F)c1. The Labute approximate surface area is 192 Å². The highest BCUT2D eigenvalue weighted by atomic mass is 19.3. The lowest BCUT2D eigenvalue weighted by Crippen LogP contribution is -2.25. The molecule has 34 heavy (non-hydrogen) atoms. The molecule has 3 aromatic carbocycles. The molecule has 0 atom stereocenters. The van der Waals surface area contributed by atoms with E-state index in [2.05, 4.69) is 11.7 Å². The van der Waals surface area contributed by atoms with E-state index in [1.807, 2.05) is 0 Å². The van der Waals surface area contributed by atoms with Crippen LogP contribution in [-0.2, 0) is 12.5 Å². The molecule has 0 aromatic heterocycles. The Kier molecular flexibility index (Phi) is 8.23. The first kappa shape index (κ1) is 25.6. The normalized spacial score (nSPS) is 11.6. The van der Waals surface area contributed by atoms with Crippen LogP contribution in [0.4, 0.5) is 30.7 Å². The van der Waals surface area contributed by atoms with Crippen molar-refractivity contribution in [3.8, 4) is 5.75 Å². The van der Waals surface area contributed by atoms with E-state index in [0.717, 1.165) is 62.1 Å². The predicted octanol–water partition coefficient (Wildman–Crippen LogP) is 9.14. The highest BCUT2D eigenvalue weighted by Gasteiger charge is 2.41. The summed E-state index contributed by atoms with van der Waals surface area (Å²) in [7, 11) is 0. The Balaban J connectivity index is 1.81. The van der Waals surface area contributed by atoms with Gasteiger partial charge >= 0.3 is 6.11 Å². The van der Waals surface area contributed by atoms with E-state index < -0.39 is 41.0 Å². The van der Waals surface area contributed by atoms with Crippen molar-refractivity contribution < 1.29 is 35.5 Å². The van der Waals surface area contributed by atoms with Crippen molar-refractivity contribution in [2.45, 2.75) is 51.6 Å². The maximum absolute atomic E-state index is 14.7. The van der Waals surface area contributed by atoms with Gasteiger partial charge in [0, 0.05) is 17.0 Å². The number of unbranched alkanes of at least 4 members (excludes halogenated alkanes) is 4. The minimum atomic E-state index is -4.35. The summed E-state index contributed by atoms with van der Waals surface area (Å²) < 4.78 is 102. The second-order valence-electron chi connectivity index (χ2n) is 8.00. The van der Waals surface area contributed by atoms with Crippen molar-refractivity contribution in [2.24, 2.45) is 0 Å². The van der Waals surface area contributed by atoms with Gasteiger partial charge in [-0.25, -0.2) is 13.2 Å². The zero-order valence-corrected chi connectivity index (χ0v) is 18.4. The number of halogens is 7. The molecule has 182 valence electrons. The van der Waals surface area contributed by atoms with E-state index in [1.54, 1.807) is 0 Å². The molecule has 3 rings (SSSR count). The number of rotatable bonds is 10. The molecule has 0 heterocycles. The molecule has 0 bridgehead atoms. The van der Waals surface area contributed by atoms with E-state index in [1.165, 1.54) is 6.07 Å². The Bertz CT molecular complexity index is 1160. The molecule has 0 N–H and O–H groups in total. The summed E-state index contributed by atoms with van der Waals surface area (Å²) >= 11 is 0. The van der Waals surface area contributed by atoms with Gasteiger partial charge in [0.2, 0.25) is 0 Å². The molecular weight excluding hydrogens is 461 g/mol. The number of hydrogen-bond acceptors (Lipinski definition) is 1. The zero-order chi connectivity index (χ0) is 24.9. The lowest BCUT2D eigenvalue weighted by atomic mass is 10.0. The fraction of sp³-hybridized carbons (Fsp3) is 0.308. The minimum absolute atomic E-state index is 0.0848. The van der Waals surface area contributed by atoms with E-state index in [9.17, 15) is 30.7 Å². The van der Waals surface area contributed by atoms with Crippen LogP contribution in [0, 0.1) is 17.5 Å². The van der Waals surface area contributed by atoms with E-state index >= 15 is 0 Å². The van der Waals surface area contributed by atoms with Gasteiger partial charge < -0.3 is 4.74 Å². The van der Waals surface area contributed by atoms with Crippen LogP contribution in [0.1, 0.15) is 55.7 Å². The van der Waals surface area contributed by atoms with Crippen molar-refractivity contribution >= 4 is 16.8 Å². The summed E-state index contributed by atoms with van der Waals surface area (Å²) in [5, 5.41) is -0.0205. The van der Waals surface area contributed by atoms with Crippen LogP contribution < -0.4 is 4.74 Å². The first-order chi connectivity index (χ1) is 16.1. The number of fused-ring (bicyclic) bond motifs is 1. The quantitative estimate of drug-likeness (QED) is 0.206. The highest BCUT2D eigenvalue weighted by Crippen LogP contribution is 2.37. The molecule has 0 amide bonds. The van der Waals surface area contributed by atoms with Crippen LogP contribution >= 0.6 is 0 Å². The number of aryl methyl sites for hydroxylation is 1. The molecule has 1 nitrogen and oxygen atoms in total. The Morgan fingerprint density at radius 2 is 1.56 bits per heavy atom. The summed E-state index contributed by atoms with van der Waals surface area (Å²) in [5.74, 6) is -4.29. The van der Waals surface area contributed by atoms with Crippen LogP contribution in [-0.4, -0.2) is 0 Å². The van der Waals surface area contributed by atoms with Gasteiger partial charge in [0.05, 0.1) is 0 Å². The molecule has 0 radical (unpaired) electrons. The summed E-state index contributed by atoms with van der Waals surface area (Å²) in [4.78, 5) is 0. The third-order valence-corrected chi connectivity index (χ3v) is 5.43. The monoisotopic (exact) mass is 484 g/mol. The molecule has 0 aliphatic carbocycles. The predicted molar refractivity (Wildman–Crippen MR) is 117 cm³/mol. The van der Waals surface area contributed by atoms with Crippen molar-refractivity contribution in [1.29, 1.82) is 0 Å². The van der Waals surface area contributed by atoms with E-state index in [4.69, 9.17) is 0 Å². The molecular formula is C26H23F7O. The van der Waals surface area contributed by atoms with Gasteiger partial charge in [-0.3, -0.25) is 0 Å². The maximum atomic E-state index is 14.7. The molecule has 0 aliphatic rings. The first-order valence-electron chi connectivity index (χ1n) is 10.9. The lowest BCUT2D eigenvalue weighted by Gasteiger charge is -2.20. The average molecular weight is 484 g/mol. The topological polar surface area (TPSA) is 9.23 Å². The van der Waals surface area contributed by atoms with Crippen LogP contribution in [0.3, 0.4) is 0 Å². The maximum Gasteiger partial charge on any atom is 0.432 e. The molecule has 0 spiro atoms. The molecule has 0 fully saturated rings. The minimum Gasteiger partial charge on any atom is -0.429 e. The number of alkyl halides is 2. The summed E-state index contributed by atoms with van der Waals surface area (Å²) in [6, 6.07) is 7.13. The Morgan fingerprint density at radius 1 is 0.882 bits per heavy atom. The van der Waals surface area contributed by atoms with Gasteiger partial charge in [-0.05, 0) is 54.1 Å².